The van der Waals surface area contributed by atoms with Crippen LogP contribution in [0, 0.1) is 0 Å². The van der Waals surface area contributed by atoms with Gasteiger partial charge in [0.1, 0.15) is 17.1 Å². The number of allylic oxidation sites excluding steroid dienone is 1. The fourth-order valence-electron chi connectivity index (χ4n) is 2.08. The van der Waals surface area contributed by atoms with Crippen LogP contribution in [0.15, 0.2) is 23.9 Å². The van der Waals surface area contributed by atoms with Crippen molar-refractivity contribution in [1.82, 2.24) is 10.2 Å². The second-order valence-electron chi connectivity index (χ2n) is 4.57. The van der Waals surface area contributed by atoms with Crippen molar-refractivity contribution in [2.24, 2.45) is 5.73 Å². The molecule has 0 aromatic heterocycles. The van der Waals surface area contributed by atoms with Crippen LogP contribution in [0.1, 0.15) is 6.92 Å². The molecule has 0 aromatic carbocycles. The number of thioether (sulfide) groups is 1. The number of carbonyl (C=O) groups is 3. The fourth-order valence-corrected chi connectivity index (χ4v) is 3.42. The zero-order valence-corrected chi connectivity index (χ0v) is 11.6. The Morgan fingerprint density at radius 2 is 2.30 bits per heavy atom. The quantitative estimate of drug-likeness (QED) is 0.589. The molecular formula is C12H15N3O4S. The van der Waals surface area contributed by atoms with E-state index in [0.29, 0.717) is 11.3 Å². The zero-order valence-electron chi connectivity index (χ0n) is 10.8. The van der Waals surface area contributed by atoms with E-state index in [1.165, 1.54) is 29.7 Å². The largest absolute Gasteiger partial charge is 0.477 e. The van der Waals surface area contributed by atoms with Gasteiger partial charge in [0, 0.05) is 5.75 Å². The zero-order chi connectivity index (χ0) is 15.0. The van der Waals surface area contributed by atoms with Gasteiger partial charge < -0.3 is 16.2 Å². The van der Waals surface area contributed by atoms with Crippen molar-refractivity contribution in [2.45, 2.75) is 24.4 Å². The minimum Gasteiger partial charge on any atom is -0.477 e. The first kappa shape index (κ1) is 14.6. The Hall–Kier alpha value is -1.80. The molecule has 1 saturated heterocycles. The molecule has 2 aliphatic heterocycles. The summed E-state index contributed by atoms with van der Waals surface area (Å²) in [4.78, 5) is 36.1. The van der Waals surface area contributed by atoms with E-state index >= 15 is 0 Å². The SMILES string of the molecule is C=CC1=C(C(=O)O)N2C(=O)[C@@H](NC(=O)[C@@H](C)N)[C@H]2SC1. The second-order valence-corrected chi connectivity index (χ2v) is 5.67. The minimum atomic E-state index is -1.17. The van der Waals surface area contributed by atoms with E-state index in [1.807, 2.05) is 0 Å². The maximum atomic E-state index is 12.1. The van der Waals surface area contributed by atoms with Crippen LogP contribution >= 0.6 is 11.8 Å². The average Bonchev–Trinajstić information content (AvgIpc) is 2.42. The summed E-state index contributed by atoms with van der Waals surface area (Å²) in [7, 11) is 0. The van der Waals surface area contributed by atoms with Crippen LogP contribution in [0.2, 0.25) is 0 Å². The van der Waals surface area contributed by atoms with Gasteiger partial charge in [0.15, 0.2) is 0 Å². The number of β-lactam (4-membered cyclic amide) rings is 1. The van der Waals surface area contributed by atoms with Gasteiger partial charge in [-0.2, -0.15) is 0 Å². The molecule has 2 aliphatic rings. The number of amides is 2. The van der Waals surface area contributed by atoms with Gasteiger partial charge in [0.05, 0.1) is 6.04 Å². The summed E-state index contributed by atoms with van der Waals surface area (Å²) in [6.07, 6.45) is 1.44. The number of carboxylic acid groups (broad SMARTS) is 1. The van der Waals surface area contributed by atoms with E-state index in [2.05, 4.69) is 11.9 Å². The van der Waals surface area contributed by atoms with Gasteiger partial charge in [-0.1, -0.05) is 12.7 Å². The van der Waals surface area contributed by atoms with Crippen LogP contribution in [0.4, 0.5) is 0 Å². The summed E-state index contributed by atoms with van der Waals surface area (Å²) in [6, 6.07) is -1.44. The number of nitrogens with two attached hydrogens (primary N) is 1. The molecule has 0 radical (unpaired) electrons. The van der Waals surface area contributed by atoms with Crippen molar-refractivity contribution in [3.8, 4) is 0 Å². The molecule has 0 bridgehead atoms. The number of aliphatic carboxylic acids is 1. The Bertz CT molecular complexity index is 529. The lowest BCUT2D eigenvalue weighted by Gasteiger charge is -2.49. The Balaban J connectivity index is 2.21. The highest BCUT2D eigenvalue weighted by Gasteiger charge is 2.53. The lowest BCUT2D eigenvalue weighted by atomic mass is 10.0. The third-order valence-corrected chi connectivity index (χ3v) is 4.46. The van der Waals surface area contributed by atoms with E-state index in [0.717, 1.165) is 0 Å². The highest BCUT2D eigenvalue weighted by atomic mass is 32.2. The molecule has 1 fully saturated rings. The molecule has 0 aliphatic carbocycles. The lowest BCUT2D eigenvalue weighted by Crippen LogP contribution is -2.71. The molecule has 2 heterocycles. The fraction of sp³-hybridized carbons (Fsp3) is 0.417. The molecule has 2 amide bonds. The number of fused-ring (bicyclic) bond motifs is 1. The van der Waals surface area contributed by atoms with Crippen LogP contribution in [0.3, 0.4) is 0 Å². The van der Waals surface area contributed by atoms with Gasteiger partial charge in [-0.25, -0.2) is 4.79 Å². The molecule has 0 spiro atoms. The van der Waals surface area contributed by atoms with Crippen molar-refractivity contribution in [2.75, 3.05) is 5.75 Å². The molecule has 0 aromatic rings. The Labute approximate surface area is 119 Å². The predicted octanol–water partition coefficient (Wildman–Crippen LogP) is -0.742. The molecule has 7 nitrogen and oxygen atoms in total. The van der Waals surface area contributed by atoms with Gasteiger partial charge >= 0.3 is 5.97 Å². The Morgan fingerprint density at radius 3 is 2.80 bits per heavy atom. The normalized spacial score (nSPS) is 26.5. The monoisotopic (exact) mass is 297 g/mol. The van der Waals surface area contributed by atoms with Gasteiger partial charge in [-0.05, 0) is 12.5 Å². The van der Waals surface area contributed by atoms with Crippen LogP contribution < -0.4 is 11.1 Å². The summed E-state index contributed by atoms with van der Waals surface area (Å²) >= 11 is 1.39. The molecule has 20 heavy (non-hydrogen) atoms. The third-order valence-electron chi connectivity index (χ3n) is 3.16. The predicted molar refractivity (Wildman–Crippen MR) is 73.5 cm³/mol. The van der Waals surface area contributed by atoms with E-state index in [1.54, 1.807) is 0 Å². The lowest BCUT2D eigenvalue weighted by molar-refractivity contribution is -0.150. The molecule has 0 saturated carbocycles. The first-order chi connectivity index (χ1) is 9.38. The van der Waals surface area contributed by atoms with Crippen molar-refractivity contribution in [1.29, 1.82) is 0 Å². The van der Waals surface area contributed by atoms with Crippen molar-refractivity contribution in [3.05, 3.63) is 23.9 Å². The standard InChI is InChI=1S/C12H15N3O4S/c1-3-6-4-20-11-7(14-9(16)5(2)13)10(17)15(11)8(6)12(18)19/h3,5,7,11H,1,4,13H2,2H3,(H,14,16)(H,18,19)/t5-,7-,11-/m1/s1. The van der Waals surface area contributed by atoms with Gasteiger partial charge in [0.2, 0.25) is 5.91 Å². The molecule has 2 rings (SSSR count). The Kier molecular flexibility index (Phi) is 3.87. The van der Waals surface area contributed by atoms with E-state index in [-0.39, 0.29) is 5.70 Å². The van der Waals surface area contributed by atoms with Gasteiger partial charge in [-0.15, -0.1) is 11.8 Å². The summed E-state index contributed by atoms with van der Waals surface area (Å²) in [5.74, 6) is -1.60. The number of hydrogen-bond donors (Lipinski definition) is 3. The van der Waals surface area contributed by atoms with Gasteiger partial charge in [0.25, 0.3) is 5.91 Å². The molecule has 0 unspecified atom stereocenters. The number of carbonyl (C=O) groups excluding carboxylic acids is 2. The summed E-state index contributed by atoms with van der Waals surface area (Å²) in [6.45, 7) is 5.07. The minimum absolute atomic E-state index is 0.0555. The number of carboxylic acids is 1. The smallest absolute Gasteiger partial charge is 0.352 e. The number of nitrogens with zero attached hydrogens (tertiary/aromatic N) is 1. The van der Waals surface area contributed by atoms with E-state index < -0.39 is 35.2 Å². The topological polar surface area (TPSA) is 113 Å². The molecule has 8 heteroatoms. The molecule has 3 atom stereocenters. The maximum Gasteiger partial charge on any atom is 0.352 e. The highest BCUT2D eigenvalue weighted by Crippen LogP contribution is 2.40. The summed E-state index contributed by atoms with van der Waals surface area (Å²) in [5.41, 5.74) is 5.88. The van der Waals surface area contributed by atoms with Gasteiger partial charge in [-0.3, -0.25) is 14.5 Å². The summed E-state index contributed by atoms with van der Waals surface area (Å²) < 4.78 is 0. The van der Waals surface area contributed by atoms with Crippen LogP contribution in [-0.4, -0.2) is 51.0 Å². The van der Waals surface area contributed by atoms with E-state index in [9.17, 15) is 19.5 Å². The summed E-state index contributed by atoms with van der Waals surface area (Å²) in [5, 5.41) is 11.4. The average molecular weight is 297 g/mol. The number of nitrogens with one attached hydrogen (secondary N) is 1. The van der Waals surface area contributed by atoms with E-state index in [4.69, 9.17) is 5.73 Å². The van der Waals surface area contributed by atoms with Crippen molar-refractivity contribution < 1.29 is 19.5 Å². The highest BCUT2D eigenvalue weighted by molar-refractivity contribution is 8.00. The van der Waals surface area contributed by atoms with Crippen LogP contribution in [-0.2, 0) is 14.4 Å². The number of hydrogen-bond acceptors (Lipinski definition) is 5. The van der Waals surface area contributed by atoms with Crippen LogP contribution in [0.25, 0.3) is 0 Å². The second kappa shape index (κ2) is 5.29. The molecule has 108 valence electrons. The van der Waals surface area contributed by atoms with Crippen molar-refractivity contribution in [3.63, 3.8) is 0 Å². The van der Waals surface area contributed by atoms with Crippen molar-refractivity contribution >= 4 is 29.5 Å². The first-order valence-electron chi connectivity index (χ1n) is 5.98. The third kappa shape index (κ3) is 2.20. The Morgan fingerprint density at radius 1 is 1.65 bits per heavy atom. The molecule has 4 N–H and O–H groups in total. The van der Waals surface area contributed by atoms with Crippen LogP contribution in [0.5, 0.6) is 0 Å². The number of rotatable bonds is 4. The molecular weight excluding hydrogens is 282 g/mol. The first-order valence-corrected chi connectivity index (χ1v) is 7.03. The maximum absolute atomic E-state index is 12.1.